The molecular formula is C55H94N8O3. The Balaban J connectivity index is 1.58. The Kier molecular flexibility index (Phi) is 18.4. The van der Waals surface area contributed by atoms with Gasteiger partial charge < -0.3 is 25.3 Å². The van der Waals surface area contributed by atoms with Crippen molar-refractivity contribution in [3.63, 3.8) is 0 Å². The molecule has 5 aliphatic heterocycles. The summed E-state index contributed by atoms with van der Waals surface area (Å²) in [7, 11) is 0. The second kappa shape index (κ2) is 22.7. The van der Waals surface area contributed by atoms with Crippen molar-refractivity contribution in [2.75, 3.05) is 26.2 Å². The third kappa shape index (κ3) is 11.8. The number of ether oxygens (including phenoxy) is 1. The van der Waals surface area contributed by atoms with Gasteiger partial charge >= 0.3 is 0 Å². The van der Waals surface area contributed by atoms with Gasteiger partial charge in [-0.25, -0.2) is 15.9 Å². The predicted molar refractivity (Wildman–Crippen MR) is 273 cm³/mol. The van der Waals surface area contributed by atoms with E-state index < -0.39 is 17.6 Å². The molecule has 5 heterocycles. The molecule has 11 nitrogen and oxygen atoms in total. The minimum absolute atomic E-state index is 0.00154. The molecule has 0 aromatic heterocycles. The van der Waals surface area contributed by atoms with Crippen LogP contribution in [-0.4, -0.2) is 99.2 Å². The largest absolute Gasteiger partial charge is 0.380 e. The number of allylic oxidation sites excluding steroid dienone is 1. The maximum Gasteiger partial charge on any atom is 0.270 e. The van der Waals surface area contributed by atoms with Crippen molar-refractivity contribution in [1.82, 2.24) is 41.5 Å². The van der Waals surface area contributed by atoms with Crippen LogP contribution in [0.3, 0.4) is 0 Å². The van der Waals surface area contributed by atoms with Gasteiger partial charge in [-0.2, -0.15) is 0 Å². The molecule has 5 N–H and O–H groups in total. The van der Waals surface area contributed by atoms with Crippen LogP contribution in [0.25, 0.3) is 0 Å². The standard InChI is InChI=1S/C55H94N8O3/c1-18-20-26-54(16)28-31-60-43(14)47-23-21-29-56-62(47)39(10)34-61(65)53(64)48-24-22-30-57-63(48)44(15)51(46(36(5)6)33-38(9)50(37(7)8)59-42(13)52(54)60)58-41(12)40(11)55(17)27-25-45(32-35(3)4)49(19-2)66-55/h18,35-37,40,45-52,56-59,65H,1,9-10,12-15,19-34H2,2-8,11,16-17H3. The molecule has 0 aromatic rings. The highest BCUT2D eigenvalue weighted by Gasteiger charge is 2.49. The van der Waals surface area contributed by atoms with Crippen molar-refractivity contribution in [1.29, 1.82) is 0 Å². The smallest absolute Gasteiger partial charge is 0.270 e. The second-order valence-electron chi connectivity index (χ2n) is 22.5. The van der Waals surface area contributed by atoms with Gasteiger partial charge in [0.1, 0.15) is 6.04 Å². The van der Waals surface area contributed by atoms with E-state index in [9.17, 15) is 10.0 Å². The lowest BCUT2D eigenvalue weighted by Crippen LogP contribution is -2.60. The van der Waals surface area contributed by atoms with Gasteiger partial charge in [-0.1, -0.05) is 113 Å². The Labute approximate surface area is 402 Å². The van der Waals surface area contributed by atoms with Crippen LogP contribution in [0.5, 0.6) is 0 Å². The number of hydrogen-bond donors (Lipinski definition) is 5. The summed E-state index contributed by atoms with van der Waals surface area (Å²) in [6, 6.07) is -1.25. The second-order valence-corrected chi connectivity index (χ2v) is 22.5. The van der Waals surface area contributed by atoms with E-state index in [0.717, 1.165) is 104 Å². The quantitative estimate of drug-likeness (QED) is 0.0960. The molecular weight excluding hydrogens is 821 g/mol. The summed E-state index contributed by atoms with van der Waals surface area (Å²) >= 11 is 0. The molecule has 5 rings (SSSR count). The van der Waals surface area contributed by atoms with Crippen LogP contribution in [0.15, 0.2) is 86.2 Å². The van der Waals surface area contributed by atoms with Gasteiger partial charge in [0.15, 0.2) is 0 Å². The van der Waals surface area contributed by atoms with Crippen molar-refractivity contribution in [2.45, 2.75) is 188 Å². The molecule has 0 spiro atoms. The van der Waals surface area contributed by atoms with E-state index >= 15 is 0 Å². The average molecular weight is 915 g/mol. The number of hydroxylamine groups is 2. The van der Waals surface area contributed by atoms with E-state index in [4.69, 9.17) is 37.6 Å². The highest BCUT2D eigenvalue weighted by molar-refractivity contribution is 5.81. The summed E-state index contributed by atoms with van der Waals surface area (Å²) in [5.41, 5.74) is 11.9. The van der Waals surface area contributed by atoms with Crippen molar-refractivity contribution >= 4 is 5.91 Å². The Morgan fingerprint density at radius 1 is 0.924 bits per heavy atom. The topological polar surface area (TPSA) is 108 Å². The zero-order valence-electron chi connectivity index (χ0n) is 43.3. The Hall–Kier alpha value is -3.51. The molecule has 11 atom stereocenters. The minimum atomic E-state index is -0.688. The summed E-state index contributed by atoms with van der Waals surface area (Å²) in [6.45, 7) is 57.8. The fourth-order valence-corrected chi connectivity index (χ4v) is 12.2. The number of hydrazine groups is 2. The molecule has 5 saturated heterocycles. The van der Waals surface area contributed by atoms with Crippen LogP contribution in [0, 0.1) is 40.9 Å². The lowest BCUT2D eigenvalue weighted by molar-refractivity contribution is -0.172. The molecule has 372 valence electrons. The molecule has 1 amide bonds. The fraction of sp³-hybridized carbons (Fsp3) is 0.727. The SMILES string of the molecule is C=CCCC1(C)CCN2C(=C)C3CCCNN3C(=C)CN(O)C(=O)C3CCCNN3C(=C)C(NC(=C)C(C)C3(C)CCC(CC(C)C)C(CC)O3)C(C(C)C)CC(=C)C(C(C)C)NC(=C)C21. The highest BCUT2D eigenvalue weighted by atomic mass is 16.5. The number of rotatable bonds is 12. The van der Waals surface area contributed by atoms with Gasteiger partial charge in [0.2, 0.25) is 0 Å². The van der Waals surface area contributed by atoms with Crippen LogP contribution < -0.4 is 21.5 Å². The summed E-state index contributed by atoms with van der Waals surface area (Å²) < 4.78 is 7.11. The van der Waals surface area contributed by atoms with Crippen LogP contribution in [0.2, 0.25) is 0 Å². The molecule has 66 heavy (non-hydrogen) atoms. The number of nitrogens with one attached hydrogen (secondary N) is 4. The number of amides is 1. The number of nitrogens with zero attached hydrogens (tertiary/aromatic N) is 4. The lowest BCUT2D eigenvalue weighted by atomic mass is 9.74. The minimum Gasteiger partial charge on any atom is -0.380 e. The van der Waals surface area contributed by atoms with E-state index in [1.54, 1.807) is 0 Å². The first-order chi connectivity index (χ1) is 31.1. The number of fused-ring (bicyclic) bond motifs is 3. The third-order valence-corrected chi connectivity index (χ3v) is 16.4. The van der Waals surface area contributed by atoms with E-state index in [0.29, 0.717) is 36.9 Å². The lowest BCUT2D eigenvalue weighted by Gasteiger charge is -2.48. The Morgan fingerprint density at radius 2 is 1.58 bits per heavy atom. The monoisotopic (exact) mass is 915 g/mol. The normalized spacial score (nSPS) is 34.1. The van der Waals surface area contributed by atoms with Crippen molar-refractivity contribution in [2.24, 2.45) is 40.9 Å². The van der Waals surface area contributed by atoms with E-state index in [1.807, 2.05) is 16.1 Å². The number of carbonyl (C=O) groups excluding carboxylic acids is 1. The fourth-order valence-electron chi connectivity index (χ4n) is 12.2. The van der Waals surface area contributed by atoms with Gasteiger partial charge in [0.05, 0.1) is 36.4 Å². The summed E-state index contributed by atoms with van der Waals surface area (Å²) in [5.74, 6) is 1.17. The predicted octanol–water partition coefficient (Wildman–Crippen LogP) is 10.2. The zero-order valence-corrected chi connectivity index (χ0v) is 43.3. The first kappa shape index (κ1) is 53.4. The van der Waals surface area contributed by atoms with E-state index in [1.165, 1.54) is 6.42 Å². The van der Waals surface area contributed by atoms with Crippen LogP contribution in [0.4, 0.5) is 0 Å². The van der Waals surface area contributed by atoms with Gasteiger partial charge in [-0.15, -0.1) is 6.58 Å². The van der Waals surface area contributed by atoms with Crippen molar-refractivity contribution in [3.05, 3.63) is 86.2 Å². The van der Waals surface area contributed by atoms with Gasteiger partial charge in [-0.3, -0.25) is 15.0 Å². The van der Waals surface area contributed by atoms with Crippen LogP contribution in [-0.2, 0) is 9.53 Å². The Morgan fingerprint density at radius 3 is 2.18 bits per heavy atom. The van der Waals surface area contributed by atoms with Gasteiger partial charge in [0, 0.05) is 60.1 Å². The van der Waals surface area contributed by atoms with Gasteiger partial charge in [0.25, 0.3) is 5.91 Å². The first-order valence-electron chi connectivity index (χ1n) is 25.8. The van der Waals surface area contributed by atoms with E-state index in [-0.39, 0.29) is 65.9 Å². The first-order valence-corrected chi connectivity index (χ1v) is 25.8. The van der Waals surface area contributed by atoms with Crippen molar-refractivity contribution in [3.8, 4) is 0 Å². The van der Waals surface area contributed by atoms with Crippen LogP contribution >= 0.6 is 0 Å². The number of hydrogen-bond acceptors (Lipinski definition) is 10. The average Bonchev–Trinajstić information content (AvgIpc) is 3.64. The molecule has 11 heteroatoms. The number of carbonyl (C=O) groups is 1. The maximum atomic E-state index is 14.7. The summed E-state index contributed by atoms with van der Waals surface area (Å²) in [4.78, 5) is 17.1. The van der Waals surface area contributed by atoms with Crippen LogP contribution in [0.1, 0.15) is 146 Å². The molecule has 5 aliphatic rings. The molecule has 0 bridgehead atoms. The molecule has 11 unspecified atom stereocenters. The molecule has 5 fully saturated rings. The zero-order chi connectivity index (χ0) is 48.8. The van der Waals surface area contributed by atoms with E-state index in [2.05, 4.69) is 109 Å². The third-order valence-electron chi connectivity index (χ3n) is 16.4. The highest BCUT2D eigenvalue weighted by Crippen LogP contribution is 2.47. The molecule has 0 aromatic carbocycles. The molecule has 0 aliphatic carbocycles. The molecule has 0 saturated carbocycles. The maximum absolute atomic E-state index is 14.7. The Bertz CT molecular complexity index is 1770. The van der Waals surface area contributed by atoms with Crippen molar-refractivity contribution < 1.29 is 14.7 Å². The van der Waals surface area contributed by atoms with Gasteiger partial charge in [-0.05, 0) is 119 Å². The summed E-state index contributed by atoms with van der Waals surface area (Å²) in [5, 5.41) is 24.6. The summed E-state index contributed by atoms with van der Waals surface area (Å²) in [6.07, 6.45) is 13.2. The molecule has 0 radical (unpaired) electrons.